The summed E-state index contributed by atoms with van der Waals surface area (Å²) < 4.78 is 42.5. The molecule has 0 aromatic rings. The molecule has 0 saturated carbocycles. The standard InChI is InChI=1S/C20H46O7Si4/c1-28(2,3)25-30(7,13-9-11-21-15-19-17-23-19)27-31(8,26-29(4,5)6)14-10-12-22-16-20-18-24-20/h19-20H,9-18H2,1-8H3/t19-,20-,30?,31?/m1/s1. The maximum absolute atomic E-state index is 7.00. The van der Waals surface area contributed by atoms with Crippen LogP contribution in [0.5, 0.6) is 0 Å². The summed E-state index contributed by atoms with van der Waals surface area (Å²) in [4.78, 5) is 0. The molecule has 0 bridgehead atoms. The van der Waals surface area contributed by atoms with E-state index in [1.165, 1.54) is 0 Å². The van der Waals surface area contributed by atoms with E-state index in [1.54, 1.807) is 0 Å². The van der Waals surface area contributed by atoms with Gasteiger partial charge in [-0.05, 0) is 77.3 Å². The van der Waals surface area contributed by atoms with E-state index >= 15 is 0 Å². The topological polar surface area (TPSA) is 71.2 Å². The number of ether oxygens (including phenoxy) is 4. The highest BCUT2D eigenvalue weighted by atomic mass is 28.5. The van der Waals surface area contributed by atoms with Crippen molar-refractivity contribution in [3.63, 3.8) is 0 Å². The molecule has 0 radical (unpaired) electrons. The van der Waals surface area contributed by atoms with Crippen molar-refractivity contribution in [1.29, 1.82) is 0 Å². The van der Waals surface area contributed by atoms with E-state index in [2.05, 4.69) is 52.4 Å². The first-order valence-corrected chi connectivity index (χ1v) is 23.6. The molecule has 2 unspecified atom stereocenters. The van der Waals surface area contributed by atoms with Crippen molar-refractivity contribution in [2.45, 2.75) is 89.5 Å². The number of rotatable bonds is 18. The molecule has 31 heavy (non-hydrogen) atoms. The zero-order chi connectivity index (χ0) is 23.2. The van der Waals surface area contributed by atoms with Gasteiger partial charge in [-0.1, -0.05) is 0 Å². The molecule has 11 heteroatoms. The predicted molar refractivity (Wildman–Crippen MR) is 133 cm³/mol. The zero-order valence-electron chi connectivity index (χ0n) is 21.1. The Labute approximate surface area is 194 Å². The lowest BCUT2D eigenvalue weighted by molar-refractivity contribution is 0.114. The fourth-order valence-electron chi connectivity index (χ4n) is 3.75. The second-order valence-corrected chi connectivity index (χ2v) is 27.5. The summed E-state index contributed by atoms with van der Waals surface area (Å²) in [6, 6.07) is 1.85. The minimum absolute atomic E-state index is 0.313. The van der Waals surface area contributed by atoms with Gasteiger partial charge in [0, 0.05) is 13.2 Å². The molecular weight excluding hydrogens is 465 g/mol. The Bertz CT molecular complexity index is 489. The molecule has 2 saturated heterocycles. The maximum Gasteiger partial charge on any atom is 0.315 e. The minimum atomic E-state index is -2.41. The summed E-state index contributed by atoms with van der Waals surface area (Å²) >= 11 is 0. The van der Waals surface area contributed by atoms with Crippen LogP contribution < -0.4 is 0 Å². The van der Waals surface area contributed by atoms with Crippen molar-refractivity contribution in [3.8, 4) is 0 Å². The van der Waals surface area contributed by atoms with Crippen LogP contribution in [0.1, 0.15) is 12.8 Å². The molecule has 4 atom stereocenters. The lowest BCUT2D eigenvalue weighted by atomic mass is 10.5. The van der Waals surface area contributed by atoms with E-state index in [0.29, 0.717) is 25.4 Å². The molecule has 7 nitrogen and oxygen atoms in total. The van der Waals surface area contributed by atoms with Crippen molar-refractivity contribution in [1.82, 2.24) is 0 Å². The van der Waals surface area contributed by atoms with E-state index < -0.39 is 33.8 Å². The molecule has 0 N–H and O–H groups in total. The van der Waals surface area contributed by atoms with Crippen LogP contribution in [-0.4, -0.2) is 85.6 Å². The van der Waals surface area contributed by atoms with Gasteiger partial charge in [0.1, 0.15) is 12.2 Å². The highest BCUT2D eigenvalue weighted by Gasteiger charge is 2.46. The molecule has 2 fully saturated rings. The van der Waals surface area contributed by atoms with Crippen LogP contribution >= 0.6 is 0 Å². The van der Waals surface area contributed by atoms with E-state index in [4.69, 9.17) is 31.3 Å². The fourth-order valence-corrected chi connectivity index (χ4v) is 22.1. The van der Waals surface area contributed by atoms with Gasteiger partial charge in [-0.2, -0.15) is 0 Å². The Hall–Kier alpha value is 0.588. The molecule has 0 aromatic heterocycles. The van der Waals surface area contributed by atoms with E-state index in [9.17, 15) is 0 Å². The molecule has 0 aliphatic carbocycles. The van der Waals surface area contributed by atoms with Crippen molar-refractivity contribution in [2.75, 3.05) is 39.6 Å². The molecule has 184 valence electrons. The van der Waals surface area contributed by atoms with Crippen LogP contribution in [0.3, 0.4) is 0 Å². The molecular formula is C20H46O7Si4. The third-order valence-corrected chi connectivity index (χ3v) is 19.1. The second-order valence-electron chi connectivity index (χ2n) is 11.1. The maximum atomic E-state index is 7.00. The highest BCUT2D eigenvalue weighted by Crippen LogP contribution is 2.30. The Morgan fingerprint density at radius 2 is 0.968 bits per heavy atom. The van der Waals surface area contributed by atoms with Crippen molar-refractivity contribution in [3.05, 3.63) is 0 Å². The average molecular weight is 511 g/mol. The lowest BCUT2D eigenvalue weighted by Crippen LogP contribution is -2.58. The van der Waals surface area contributed by atoms with Crippen LogP contribution in [-0.2, 0) is 31.3 Å². The summed E-state index contributed by atoms with van der Waals surface area (Å²) in [6.45, 7) is 22.5. The Balaban J connectivity index is 1.93. The van der Waals surface area contributed by atoms with Gasteiger partial charge in [0.15, 0.2) is 16.6 Å². The van der Waals surface area contributed by atoms with E-state index in [0.717, 1.165) is 51.4 Å². The van der Waals surface area contributed by atoms with Gasteiger partial charge >= 0.3 is 17.1 Å². The van der Waals surface area contributed by atoms with Gasteiger partial charge in [0.25, 0.3) is 0 Å². The Morgan fingerprint density at radius 3 is 1.26 bits per heavy atom. The third kappa shape index (κ3) is 13.8. The van der Waals surface area contributed by atoms with Crippen LogP contribution in [0.2, 0.25) is 64.5 Å². The first-order chi connectivity index (χ1) is 14.3. The molecule has 0 amide bonds. The van der Waals surface area contributed by atoms with Crippen molar-refractivity contribution >= 4 is 33.8 Å². The summed E-state index contributed by atoms with van der Waals surface area (Å²) in [7, 11) is -8.34. The van der Waals surface area contributed by atoms with Gasteiger partial charge in [-0.3, -0.25) is 0 Å². The van der Waals surface area contributed by atoms with Gasteiger partial charge in [0.05, 0.1) is 26.4 Å². The first kappa shape index (κ1) is 27.8. The Morgan fingerprint density at radius 1 is 0.613 bits per heavy atom. The SMILES string of the molecule is C[Si](C)(C)O[Si](C)(CCCOC[C@@H]1CO1)O[Si](C)(CCCOC[C@@H]1CO1)O[Si](C)(C)C. The molecule has 2 aliphatic rings. The Kier molecular flexibility index (Phi) is 10.6. The quantitative estimate of drug-likeness (QED) is 0.153. The molecule has 2 heterocycles. The molecule has 0 aromatic carbocycles. The van der Waals surface area contributed by atoms with Crippen molar-refractivity contribution < 1.29 is 31.3 Å². The highest BCUT2D eigenvalue weighted by molar-refractivity contribution is 6.89. The minimum Gasteiger partial charge on any atom is -0.437 e. The van der Waals surface area contributed by atoms with Gasteiger partial charge in [-0.15, -0.1) is 0 Å². The predicted octanol–water partition coefficient (Wildman–Crippen LogP) is 4.46. The first-order valence-electron chi connectivity index (χ1n) is 11.8. The summed E-state index contributed by atoms with van der Waals surface area (Å²) in [6.07, 6.45) is 2.52. The smallest absolute Gasteiger partial charge is 0.315 e. The second kappa shape index (κ2) is 11.8. The molecule has 0 spiro atoms. The van der Waals surface area contributed by atoms with Gasteiger partial charge in [-0.25, -0.2) is 0 Å². The van der Waals surface area contributed by atoms with Gasteiger partial charge in [0.2, 0.25) is 0 Å². The van der Waals surface area contributed by atoms with Crippen molar-refractivity contribution in [2.24, 2.45) is 0 Å². The fraction of sp³-hybridized carbons (Fsp3) is 1.00. The lowest BCUT2D eigenvalue weighted by Gasteiger charge is -2.43. The van der Waals surface area contributed by atoms with E-state index in [1.807, 2.05) is 0 Å². The summed E-state index contributed by atoms with van der Waals surface area (Å²) in [5, 5.41) is 0. The number of hydrogen-bond donors (Lipinski definition) is 0. The normalized spacial score (nSPS) is 25.2. The van der Waals surface area contributed by atoms with E-state index in [-0.39, 0.29) is 0 Å². The molecule has 2 rings (SSSR count). The monoisotopic (exact) mass is 510 g/mol. The third-order valence-electron chi connectivity index (χ3n) is 4.73. The van der Waals surface area contributed by atoms with Crippen LogP contribution in [0, 0.1) is 0 Å². The van der Waals surface area contributed by atoms with Crippen LogP contribution in [0.15, 0.2) is 0 Å². The number of epoxide rings is 2. The van der Waals surface area contributed by atoms with Crippen LogP contribution in [0.4, 0.5) is 0 Å². The largest absolute Gasteiger partial charge is 0.437 e. The number of hydrogen-bond acceptors (Lipinski definition) is 7. The summed E-state index contributed by atoms with van der Waals surface area (Å²) in [5.74, 6) is 0. The average Bonchev–Trinajstić information content (AvgIpc) is 3.45. The van der Waals surface area contributed by atoms with Gasteiger partial charge < -0.3 is 31.3 Å². The molecule has 2 aliphatic heterocycles. The summed E-state index contributed by atoms with van der Waals surface area (Å²) in [5.41, 5.74) is 0. The zero-order valence-corrected chi connectivity index (χ0v) is 25.1. The van der Waals surface area contributed by atoms with Crippen LogP contribution in [0.25, 0.3) is 0 Å².